The highest BCUT2D eigenvalue weighted by Gasteiger charge is 2.22. The van der Waals surface area contributed by atoms with Crippen LogP contribution in [0.1, 0.15) is 38.6 Å². The number of urea groups is 1. The van der Waals surface area contributed by atoms with Crippen LogP contribution in [0.25, 0.3) is 0 Å². The fourth-order valence-electron chi connectivity index (χ4n) is 3.61. The molecule has 0 aliphatic rings. The molecule has 1 N–H and O–H groups in total. The molecule has 0 aliphatic heterocycles. The normalized spacial score (nSPS) is 10.5. The Hall–Kier alpha value is -3.81. The van der Waals surface area contributed by atoms with Gasteiger partial charge in [-0.3, -0.25) is 9.78 Å². The van der Waals surface area contributed by atoms with Crippen molar-refractivity contribution in [2.75, 3.05) is 32.1 Å². The van der Waals surface area contributed by atoms with Crippen molar-refractivity contribution in [3.8, 4) is 6.07 Å². The molecule has 188 valence electrons. The molecule has 0 saturated heterocycles. The molecule has 3 aromatic rings. The average molecular weight is 507 g/mol. The number of nitrogens with one attached hydrogen (secondary N) is 1. The Morgan fingerprint density at radius 1 is 1.11 bits per heavy atom. The summed E-state index contributed by atoms with van der Waals surface area (Å²) < 4.78 is 5.20. The van der Waals surface area contributed by atoms with Crippen LogP contribution in [0.3, 0.4) is 0 Å². The molecule has 3 amide bonds. The Kier molecular flexibility index (Phi) is 9.92. The van der Waals surface area contributed by atoms with E-state index in [9.17, 15) is 9.59 Å². The van der Waals surface area contributed by atoms with E-state index >= 15 is 0 Å². The lowest BCUT2D eigenvalue weighted by Crippen LogP contribution is -2.37. The number of carbonyl (C=O) groups is 2. The van der Waals surface area contributed by atoms with Crippen molar-refractivity contribution in [1.82, 2.24) is 19.8 Å². The largest absolute Gasteiger partial charge is 0.383 e. The van der Waals surface area contributed by atoms with Crippen LogP contribution in [0, 0.1) is 25.2 Å². The molecule has 9 nitrogen and oxygen atoms in total. The van der Waals surface area contributed by atoms with Crippen LogP contribution < -0.4 is 5.32 Å². The zero-order valence-corrected chi connectivity index (χ0v) is 21.5. The number of pyridine rings is 1. The van der Waals surface area contributed by atoms with Crippen molar-refractivity contribution < 1.29 is 14.3 Å². The third kappa shape index (κ3) is 7.34. The smallest absolute Gasteiger partial charge is 0.322 e. The third-order valence-corrected chi connectivity index (χ3v) is 6.37. The highest BCUT2D eigenvalue weighted by Crippen LogP contribution is 2.21. The Labute approximate surface area is 215 Å². The predicted octanol–water partition coefficient (Wildman–Crippen LogP) is 4.39. The Morgan fingerprint density at radius 2 is 1.89 bits per heavy atom. The molecule has 2 heterocycles. The van der Waals surface area contributed by atoms with Crippen molar-refractivity contribution in [3.63, 3.8) is 0 Å². The standard InChI is InChI=1S/C26H30N6O3S/c1-19-7-4-8-20(2)24(19)30-26(34)32(13-14-35-3)17-23-29-22(18-36-23)25(33)31(12-6-10-27)16-21-9-5-11-28-15-21/h4-5,7-9,11,15,18H,6,12-14,16-17H2,1-3H3,(H,30,34). The maximum atomic E-state index is 13.2. The molecule has 2 aromatic heterocycles. The van der Waals surface area contributed by atoms with Crippen LogP contribution in [0.4, 0.5) is 10.5 Å². The molecule has 0 saturated carbocycles. The minimum atomic E-state index is -0.264. The summed E-state index contributed by atoms with van der Waals surface area (Å²) in [7, 11) is 1.58. The lowest BCUT2D eigenvalue weighted by atomic mass is 10.1. The first-order chi connectivity index (χ1) is 17.4. The molecule has 0 fully saturated rings. The number of nitriles is 1. The summed E-state index contributed by atoms with van der Waals surface area (Å²) in [4.78, 5) is 38.2. The number of hydrogen-bond donors (Lipinski definition) is 1. The van der Waals surface area contributed by atoms with E-state index in [-0.39, 0.29) is 31.4 Å². The summed E-state index contributed by atoms with van der Waals surface area (Å²) >= 11 is 1.32. The summed E-state index contributed by atoms with van der Waals surface area (Å²) in [5.41, 5.74) is 3.89. The van der Waals surface area contributed by atoms with Crippen molar-refractivity contribution in [2.45, 2.75) is 33.4 Å². The van der Waals surface area contributed by atoms with Crippen molar-refractivity contribution >= 4 is 29.0 Å². The molecule has 0 bridgehead atoms. The second-order valence-electron chi connectivity index (χ2n) is 8.23. The van der Waals surface area contributed by atoms with E-state index in [1.807, 2.05) is 38.1 Å². The fraction of sp³-hybridized carbons (Fsp3) is 0.346. The number of anilines is 1. The number of para-hydroxylation sites is 1. The third-order valence-electron chi connectivity index (χ3n) is 5.54. The van der Waals surface area contributed by atoms with Crippen LogP contribution in [-0.4, -0.2) is 58.5 Å². The van der Waals surface area contributed by atoms with Crippen molar-refractivity contribution in [3.05, 3.63) is 75.5 Å². The van der Waals surface area contributed by atoms with Gasteiger partial charge in [0.2, 0.25) is 0 Å². The predicted molar refractivity (Wildman–Crippen MR) is 139 cm³/mol. The molecule has 1 aromatic carbocycles. The van der Waals surface area contributed by atoms with E-state index in [1.54, 1.807) is 40.7 Å². The fourth-order valence-corrected chi connectivity index (χ4v) is 4.39. The second-order valence-corrected chi connectivity index (χ2v) is 9.18. The van der Waals surface area contributed by atoms with Gasteiger partial charge >= 0.3 is 6.03 Å². The monoisotopic (exact) mass is 506 g/mol. The van der Waals surface area contributed by atoms with Crippen LogP contribution in [0.5, 0.6) is 0 Å². The van der Waals surface area contributed by atoms with Crippen molar-refractivity contribution in [2.24, 2.45) is 0 Å². The van der Waals surface area contributed by atoms with Gasteiger partial charge in [0, 0.05) is 50.2 Å². The lowest BCUT2D eigenvalue weighted by molar-refractivity contribution is 0.0741. The van der Waals surface area contributed by atoms with E-state index in [2.05, 4.69) is 21.4 Å². The van der Waals surface area contributed by atoms with E-state index in [1.165, 1.54) is 11.3 Å². The maximum absolute atomic E-state index is 13.2. The SMILES string of the molecule is COCCN(Cc1nc(C(=O)N(CCC#N)Cc2cccnc2)cs1)C(=O)Nc1c(C)cccc1C. The van der Waals surface area contributed by atoms with Crippen LogP contribution in [-0.2, 0) is 17.8 Å². The van der Waals surface area contributed by atoms with Gasteiger partial charge in [-0.1, -0.05) is 24.3 Å². The molecule has 0 aliphatic carbocycles. The van der Waals surface area contributed by atoms with Gasteiger partial charge in [0.25, 0.3) is 5.91 Å². The highest BCUT2D eigenvalue weighted by atomic mass is 32.1. The summed E-state index contributed by atoms with van der Waals surface area (Å²) in [5, 5.41) is 14.4. The molecule has 0 radical (unpaired) electrons. The van der Waals surface area contributed by atoms with Crippen LogP contribution in [0.2, 0.25) is 0 Å². The van der Waals surface area contributed by atoms with Crippen molar-refractivity contribution in [1.29, 1.82) is 5.26 Å². The summed E-state index contributed by atoms with van der Waals surface area (Å²) in [6.07, 6.45) is 3.58. The van der Waals surface area contributed by atoms with Crippen LogP contribution in [0.15, 0.2) is 48.1 Å². The second kappa shape index (κ2) is 13.3. The van der Waals surface area contributed by atoms with Gasteiger partial charge in [-0.25, -0.2) is 9.78 Å². The maximum Gasteiger partial charge on any atom is 0.322 e. The van der Waals surface area contributed by atoms with Gasteiger partial charge in [-0.2, -0.15) is 5.26 Å². The topological polar surface area (TPSA) is 111 Å². The van der Waals surface area contributed by atoms with Gasteiger partial charge in [0.1, 0.15) is 10.7 Å². The number of methoxy groups -OCH3 is 1. The van der Waals surface area contributed by atoms with Gasteiger partial charge in [0.05, 0.1) is 25.6 Å². The quantitative estimate of drug-likeness (QED) is 0.413. The molecule has 36 heavy (non-hydrogen) atoms. The van der Waals surface area contributed by atoms with Gasteiger partial charge in [-0.15, -0.1) is 11.3 Å². The average Bonchev–Trinajstić information content (AvgIpc) is 3.35. The molecular weight excluding hydrogens is 476 g/mol. The number of thiazole rings is 1. The molecular formula is C26H30N6O3S. The van der Waals surface area contributed by atoms with Gasteiger partial charge < -0.3 is 19.9 Å². The van der Waals surface area contributed by atoms with Crippen LogP contribution >= 0.6 is 11.3 Å². The number of benzene rings is 1. The molecule has 10 heteroatoms. The first kappa shape index (κ1) is 26.8. The minimum absolute atomic E-state index is 0.215. The number of aromatic nitrogens is 2. The molecule has 0 unspecified atom stereocenters. The first-order valence-corrected chi connectivity index (χ1v) is 12.4. The lowest BCUT2D eigenvalue weighted by Gasteiger charge is -2.23. The number of nitrogens with zero attached hydrogens (tertiary/aromatic N) is 5. The summed E-state index contributed by atoms with van der Waals surface area (Å²) in [5.74, 6) is -0.264. The number of ether oxygens (including phenoxy) is 1. The zero-order valence-electron chi connectivity index (χ0n) is 20.7. The Balaban J connectivity index is 1.74. The summed E-state index contributed by atoms with van der Waals surface area (Å²) in [6, 6.07) is 11.4. The van der Waals surface area contributed by atoms with E-state index in [4.69, 9.17) is 10.00 Å². The van der Waals surface area contributed by atoms with Gasteiger partial charge in [0.15, 0.2) is 0 Å². The van der Waals surface area contributed by atoms with E-state index < -0.39 is 0 Å². The molecule has 3 rings (SSSR count). The highest BCUT2D eigenvalue weighted by molar-refractivity contribution is 7.09. The zero-order chi connectivity index (χ0) is 25.9. The number of carbonyl (C=O) groups excluding carboxylic acids is 2. The molecule has 0 atom stereocenters. The van der Waals surface area contributed by atoms with E-state index in [0.717, 1.165) is 22.4 Å². The molecule has 0 spiro atoms. The minimum Gasteiger partial charge on any atom is -0.383 e. The Morgan fingerprint density at radius 3 is 2.56 bits per heavy atom. The first-order valence-electron chi connectivity index (χ1n) is 11.5. The number of amides is 3. The summed E-state index contributed by atoms with van der Waals surface area (Å²) in [6.45, 7) is 5.48. The number of aryl methyl sites for hydroxylation is 2. The van der Waals surface area contributed by atoms with Gasteiger partial charge in [-0.05, 0) is 36.6 Å². The number of hydrogen-bond acceptors (Lipinski definition) is 7. The van der Waals surface area contributed by atoms with E-state index in [0.29, 0.717) is 30.4 Å². The number of rotatable bonds is 11. The Bertz CT molecular complexity index is 1190.